The smallest absolute Gasteiger partial charge is 0.457 e. The van der Waals surface area contributed by atoms with E-state index < -0.39 is 33.8 Å². The monoisotopic (exact) mass is 522 g/mol. The Hall–Kier alpha value is -2.58. The Balaban J connectivity index is 1.59. The number of hydrogen-bond donors (Lipinski definition) is 2. The van der Waals surface area contributed by atoms with Crippen molar-refractivity contribution < 1.29 is 45.7 Å². The molecule has 2 aromatic carbocycles. The topological polar surface area (TPSA) is 114 Å². The summed E-state index contributed by atoms with van der Waals surface area (Å²) in [5.74, 6) is -1.43. The van der Waals surface area contributed by atoms with Crippen molar-refractivity contribution in [2.45, 2.75) is 18.4 Å². The summed E-state index contributed by atoms with van der Waals surface area (Å²) >= 11 is 5.85. The Bertz CT molecular complexity index is 1220. The molecule has 2 fully saturated rings. The minimum Gasteiger partial charge on any atom is -0.457 e. The molecule has 0 bridgehead atoms. The molecular formula is C20H18ClF3N2O7S. The second-order valence-corrected chi connectivity index (χ2v) is 9.74. The minimum absolute atomic E-state index is 0.0298. The molecule has 14 heteroatoms. The Labute approximate surface area is 197 Å². The fourth-order valence-corrected chi connectivity index (χ4v) is 4.65. The number of nitrogens with one attached hydrogen (secondary N) is 1. The number of rotatable bonds is 7. The maximum Gasteiger partial charge on any atom is 0.573 e. The van der Waals surface area contributed by atoms with Crippen LogP contribution in [-0.4, -0.2) is 56.4 Å². The molecule has 2 N–H and O–H groups in total. The molecule has 1 amide bonds. The Morgan fingerprint density at radius 2 is 1.82 bits per heavy atom. The van der Waals surface area contributed by atoms with Gasteiger partial charge in [-0.2, -0.15) is 12.7 Å². The van der Waals surface area contributed by atoms with Gasteiger partial charge in [-0.1, -0.05) is 11.6 Å². The predicted octanol–water partition coefficient (Wildman–Crippen LogP) is 2.93. The van der Waals surface area contributed by atoms with Gasteiger partial charge in [0.15, 0.2) is 0 Å². The highest BCUT2D eigenvalue weighted by Gasteiger charge is 2.41. The summed E-state index contributed by atoms with van der Waals surface area (Å²) in [6, 6.07) is 7.11. The van der Waals surface area contributed by atoms with Gasteiger partial charge in [-0.3, -0.25) is 4.79 Å². The molecule has 2 aliphatic heterocycles. The van der Waals surface area contributed by atoms with Gasteiger partial charge in [0.1, 0.15) is 22.8 Å². The fourth-order valence-electron chi connectivity index (χ4n) is 3.22. The van der Waals surface area contributed by atoms with E-state index in [0.717, 1.165) is 16.4 Å². The summed E-state index contributed by atoms with van der Waals surface area (Å²) in [6.45, 7) is 0.402. The van der Waals surface area contributed by atoms with Crippen LogP contribution in [0.3, 0.4) is 0 Å². The predicted molar refractivity (Wildman–Crippen MR) is 112 cm³/mol. The second kappa shape index (κ2) is 8.89. The van der Waals surface area contributed by atoms with E-state index in [0.29, 0.717) is 19.5 Å². The van der Waals surface area contributed by atoms with Gasteiger partial charge in [0.25, 0.3) is 5.91 Å². The zero-order valence-electron chi connectivity index (χ0n) is 17.3. The van der Waals surface area contributed by atoms with Crippen molar-refractivity contribution in [2.75, 3.05) is 26.3 Å². The van der Waals surface area contributed by atoms with E-state index >= 15 is 0 Å². The van der Waals surface area contributed by atoms with E-state index in [-0.39, 0.29) is 40.9 Å². The maximum atomic E-state index is 12.6. The largest absolute Gasteiger partial charge is 0.573 e. The summed E-state index contributed by atoms with van der Waals surface area (Å²) in [5, 5.41) is 10.4. The molecule has 2 saturated heterocycles. The molecule has 0 atom stereocenters. The number of benzene rings is 2. The normalized spacial score (nSPS) is 17.9. The number of halogens is 4. The molecule has 9 nitrogen and oxygen atoms in total. The third-order valence-corrected chi connectivity index (χ3v) is 6.94. The van der Waals surface area contributed by atoms with Gasteiger partial charge >= 0.3 is 16.6 Å². The number of carbonyl (C=O) groups is 1. The average molecular weight is 523 g/mol. The Morgan fingerprint density at radius 3 is 2.35 bits per heavy atom. The number of carbonyl (C=O) groups excluding carboxylic acids is 1. The summed E-state index contributed by atoms with van der Waals surface area (Å²) in [7, 11) is -3.98. The zero-order chi connectivity index (χ0) is 24.7. The van der Waals surface area contributed by atoms with Crippen LogP contribution in [0.15, 0.2) is 36.4 Å². The van der Waals surface area contributed by atoms with E-state index in [1.165, 1.54) is 24.3 Å². The molecule has 0 aliphatic carbocycles. The van der Waals surface area contributed by atoms with E-state index in [9.17, 15) is 31.5 Å². The van der Waals surface area contributed by atoms with Crippen molar-refractivity contribution in [1.29, 1.82) is 0 Å². The standard InChI is InChI=1S/C20H18ClF3N2O7S/c21-15-9-13(3-5-17(15)33-20(22,23)24)32-16-4-2-12(8-14(16)19(28)10-31-11-19)18(27)25-34(29,30)26-6-1-7-26/h2-5,8-9,28H,1,6-7,10-11H2,(H,25,27). The molecular weight excluding hydrogens is 505 g/mol. The molecule has 0 unspecified atom stereocenters. The SMILES string of the molecule is O=C(NS(=O)(=O)N1CCC1)c1ccc(Oc2ccc(OC(F)(F)F)c(Cl)c2)c(C2(O)COC2)c1. The van der Waals surface area contributed by atoms with Crippen molar-refractivity contribution >= 4 is 27.7 Å². The van der Waals surface area contributed by atoms with Crippen LogP contribution in [0.5, 0.6) is 17.2 Å². The van der Waals surface area contributed by atoms with Crippen LogP contribution in [0, 0.1) is 0 Å². The molecule has 0 aromatic heterocycles. The highest BCUT2D eigenvalue weighted by atomic mass is 35.5. The van der Waals surface area contributed by atoms with Crippen molar-refractivity contribution in [3.8, 4) is 17.2 Å². The van der Waals surface area contributed by atoms with Gasteiger partial charge in [-0.15, -0.1) is 13.2 Å². The fraction of sp³-hybridized carbons (Fsp3) is 0.350. The first-order valence-corrected chi connectivity index (χ1v) is 11.7. The van der Waals surface area contributed by atoms with Crippen molar-refractivity contribution in [2.24, 2.45) is 0 Å². The van der Waals surface area contributed by atoms with Gasteiger partial charge in [0.2, 0.25) is 0 Å². The molecule has 2 aliphatic rings. The van der Waals surface area contributed by atoms with Crippen molar-refractivity contribution in [1.82, 2.24) is 9.03 Å². The number of hydrogen-bond acceptors (Lipinski definition) is 7. The van der Waals surface area contributed by atoms with Gasteiger partial charge in [-0.25, -0.2) is 4.72 Å². The molecule has 2 heterocycles. The third-order valence-electron chi connectivity index (χ3n) is 5.16. The van der Waals surface area contributed by atoms with E-state index in [2.05, 4.69) is 4.74 Å². The maximum absolute atomic E-state index is 12.6. The summed E-state index contributed by atoms with van der Waals surface area (Å²) < 4.78 is 79.4. The third kappa shape index (κ3) is 5.23. The molecule has 0 spiro atoms. The minimum atomic E-state index is -4.92. The van der Waals surface area contributed by atoms with Gasteiger partial charge in [-0.05, 0) is 36.8 Å². The number of ether oxygens (including phenoxy) is 3. The number of aliphatic hydroxyl groups is 1. The second-order valence-electron chi connectivity index (χ2n) is 7.67. The summed E-state index contributed by atoms with van der Waals surface area (Å²) in [4.78, 5) is 12.6. The lowest BCUT2D eigenvalue weighted by molar-refractivity contribution is -0.274. The van der Waals surface area contributed by atoms with Crippen LogP contribution in [0.25, 0.3) is 0 Å². The van der Waals surface area contributed by atoms with Crippen molar-refractivity contribution in [3.05, 3.63) is 52.5 Å². The van der Waals surface area contributed by atoms with Crippen LogP contribution in [0.4, 0.5) is 13.2 Å². The quantitative estimate of drug-likeness (QED) is 0.574. The highest BCUT2D eigenvalue weighted by Crippen LogP contribution is 2.40. The number of nitrogens with zero attached hydrogens (tertiary/aromatic N) is 1. The van der Waals surface area contributed by atoms with Crippen LogP contribution >= 0.6 is 11.6 Å². The number of amides is 1. The first-order chi connectivity index (χ1) is 15.9. The first-order valence-electron chi connectivity index (χ1n) is 9.86. The Morgan fingerprint density at radius 1 is 1.15 bits per heavy atom. The molecule has 184 valence electrons. The van der Waals surface area contributed by atoms with Gasteiger partial charge < -0.3 is 19.3 Å². The van der Waals surface area contributed by atoms with Gasteiger partial charge in [0.05, 0.1) is 18.2 Å². The van der Waals surface area contributed by atoms with Crippen LogP contribution < -0.4 is 14.2 Å². The lowest BCUT2D eigenvalue weighted by Crippen LogP contribution is -2.50. The number of alkyl halides is 3. The first kappa shape index (κ1) is 24.5. The molecule has 34 heavy (non-hydrogen) atoms. The Kier molecular flexibility index (Phi) is 6.42. The van der Waals surface area contributed by atoms with E-state index in [1.807, 2.05) is 4.72 Å². The summed E-state index contributed by atoms with van der Waals surface area (Å²) in [6.07, 6.45) is -4.22. The van der Waals surface area contributed by atoms with Gasteiger partial charge in [0, 0.05) is 30.3 Å². The molecule has 0 radical (unpaired) electrons. The van der Waals surface area contributed by atoms with E-state index in [1.54, 1.807) is 0 Å². The lowest BCUT2D eigenvalue weighted by atomic mass is 9.90. The van der Waals surface area contributed by atoms with E-state index in [4.69, 9.17) is 21.1 Å². The van der Waals surface area contributed by atoms with Crippen LogP contribution in [0.2, 0.25) is 5.02 Å². The highest BCUT2D eigenvalue weighted by molar-refractivity contribution is 7.87. The molecule has 4 rings (SSSR count). The summed E-state index contributed by atoms with van der Waals surface area (Å²) in [5.41, 5.74) is -1.45. The average Bonchev–Trinajstić information content (AvgIpc) is 2.65. The van der Waals surface area contributed by atoms with Crippen molar-refractivity contribution in [3.63, 3.8) is 0 Å². The van der Waals surface area contributed by atoms with Crippen LogP contribution in [-0.2, 0) is 20.5 Å². The van der Waals surface area contributed by atoms with Crippen LogP contribution in [0.1, 0.15) is 22.3 Å². The lowest BCUT2D eigenvalue weighted by Gasteiger charge is -2.37. The zero-order valence-corrected chi connectivity index (χ0v) is 18.8. The molecule has 2 aromatic rings. The molecule has 0 saturated carbocycles.